The van der Waals surface area contributed by atoms with Gasteiger partial charge in [0.05, 0.1) is 12.7 Å². The third-order valence-electron chi connectivity index (χ3n) is 3.93. The minimum absolute atomic E-state index is 0.488. The van der Waals surface area contributed by atoms with Crippen LogP contribution in [0.5, 0.6) is 0 Å². The Kier molecular flexibility index (Phi) is 5.07. The highest BCUT2D eigenvalue weighted by atomic mass is 16.5. The standard InChI is InChI=1S/C13H26N2O/c1-2-13-11-15(8-9-16-13)7-3-4-12-5-6-14-10-12/h12-14H,2-11H2,1H3. The summed E-state index contributed by atoms with van der Waals surface area (Å²) in [6.07, 6.45) is 5.80. The lowest BCUT2D eigenvalue weighted by atomic mass is 10.0. The summed E-state index contributed by atoms with van der Waals surface area (Å²) in [4.78, 5) is 2.58. The molecule has 2 rings (SSSR count). The van der Waals surface area contributed by atoms with Gasteiger partial charge in [0.25, 0.3) is 0 Å². The summed E-state index contributed by atoms with van der Waals surface area (Å²) in [6.45, 7) is 9.21. The monoisotopic (exact) mass is 226 g/mol. The van der Waals surface area contributed by atoms with Crippen LogP contribution in [0.3, 0.4) is 0 Å². The van der Waals surface area contributed by atoms with Crippen LogP contribution in [0.1, 0.15) is 32.6 Å². The molecule has 3 nitrogen and oxygen atoms in total. The van der Waals surface area contributed by atoms with Crippen LogP contribution < -0.4 is 5.32 Å². The molecule has 0 aromatic rings. The molecule has 2 saturated heterocycles. The lowest BCUT2D eigenvalue weighted by Crippen LogP contribution is -2.42. The smallest absolute Gasteiger partial charge is 0.0700 e. The molecule has 0 aromatic heterocycles. The van der Waals surface area contributed by atoms with Gasteiger partial charge in [-0.2, -0.15) is 0 Å². The summed E-state index contributed by atoms with van der Waals surface area (Å²) in [7, 11) is 0. The molecule has 0 saturated carbocycles. The normalized spacial score (nSPS) is 32.1. The van der Waals surface area contributed by atoms with Gasteiger partial charge in [0.1, 0.15) is 0 Å². The van der Waals surface area contributed by atoms with Crippen LogP contribution in [-0.2, 0) is 4.74 Å². The Labute approximate surface area is 99.5 Å². The number of ether oxygens (including phenoxy) is 1. The SMILES string of the molecule is CCC1CN(CCCC2CCNC2)CCO1. The fraction of sp³-hybridized carbons (Fsp3) is 1.00. The van der Waals surface area contributed by atoms with Gasteiger partial charge in [0.15, 0.2) is 0 Å². The topological polar surface area (TPSA) is 24.5 Å². The Morgan fingerprint density at radius 3 is 3.12 bits per heavy atom. The van der Waals surface area contributed by atoms with Crippen molar-refractivity contribution in [2.45, 2.75) is 38.7 Å². The van der Waals surface area contributed by atoms with E-state index in [0.29, 0.717) is 6.10 Å². The molecule has 2 fully saturated rings. The fourth-order valence-corrected chi connectivity index (χ4v) is 2.79. The predicted octanol–water partition coefficient (Wildman–Crippen LogP) is 1.49. The molecule has 94 valence electrons. The second-order valence-electron chi connectivity index (χ2n) is 5.20. The molecule has 3 heteroatoms. The van der Waals surface area contributed by atoms with Crippen LogP contribution in [0.4, 0.5) is 0 Å². The number of hydrogen-bond donors (Lipinski definition) is 1. The van der Waals surface area contributed by atoms with Gasteiger partial charge in [0.2, 0.25) is 0 Å². The first-order chi connectivity index (χ1) is 7.88. The molecule has 0 aliphatic carbocycles. The van der Waals surface area contributed by atoms with Crippen LogP contribution in [-0.4, -0.2) is 50.3 Å². The Morgan fingerprint density at radius 1 is 1.44 bits per heavy atom. The van der Waals surface area contributed by atoms with Gasteiger partial charge in [-0.15, -0.1) is 0 Å². The number of hydrogen-bond acceptors (Lipinski definition) is 3. The van der Waals surface area contributed by atoms with Crippen molar-refractivity contribution >= 4 is 0 Å². The van der Waals surface area contributed by atoms with E-state index in [1.165, 1.54) is 38.9 Å². The Bertz CT molecular complexity index is 192. The molecule has 2 unspecified atom stereocenters. The van der Waals surface area contributed by atoms with E-state index in [4.69, 9.17) is 4.74 Å². The lowest BCUT2D eigenvalue weighted by molar-refractivity contribution is -0.0301. The van der Waals surface area contributed by atoms with Crippen LogP contribution >= 0.6 is 0 Å². The lowest BCUT2D eigenvalue weighted by Gasteiger charge is -2.32. The van der Waals surface area contributed by atoms with Gasteiger partial charge in [-0.05, 0) is 51.2 Å². The minimum atomic E-state index is 0.488. The number of rotatable bonds is 5. The van der Waals surface area contributed by atoms with Crippen molar-refractivity contribution in [3.63, 3.8) is 0 Å². The van der Waals surface area contributed by atoms with E-state index in [1.54, 1.807) is 0 Å². The van der Waals surface area contributed by atoms with Crippen molar-refractivity contribution in [2.75, 3.05) is 39.3 Å². The number of morpholine rings is 1. The maximum absolute atomic E-state index is 5.69. The fourth-order valence-electron chi connectivity index (χ4n) is 2.79. The third-order valence-corrected chi connectivity index (χ3v) is 3.93. The van der Waals surface area contributed by atoms with Gasteiger partial charge >= 0.3 is 0 Å². The molecule has 0 bridgehead atoms. The largest absolute Gasteiger partial charge is 0.376 e. The summed E-state index contributed by atoms with van der Waals surface area (Å²) < 4.78 is 5.69. The third kappa shape index (κ3) is 3.72. The minimum Gasteiger partial charge on any atom is -0.376 e. The Hall–Kier alpha value is -0.120. The predicted molar refractivity (Wildman–Crippen MR) is 66.7 cm³/mol. The first kappa shape index (κ1) is 12.3. The summed E-state index contributed by atoms with van der Waals surface area (Å²) in [5.41, 5.74) is 0. The molecule has 2 aliphatic heterocycles. The van der Waals surface area contributed by atoms with Crippen LogP contribution in [0.2, 0.25) is 0 Å². The van der Waals surface area contributed by atoms with Gasteiger partial charge in [0, 0.05) is 13.1 Å². The molecular weight excluding hydrogens is 200 g/mol. The van der Waals surface area contributed by atoms with E-state index in [9.17, 15) is 0 Å². The van der Waals surface area contributed by atoms with Gasteiger partial charge < -0.3 is 10.1 Å². The van der Waals surface area contributed by atoms with E-state index < -0.39 is 0 Å². The molecule has 16 heavy (non-hydrogen) atoms. The molecule has 2 heterocycles. The van der Waals surface area contributed by atoms with E-state index >= 15 is 0 Å². The average Bonchev–Trinajstić information content (AvgIpc) is 2.82. The first-order valence-electron chi connectivity index (χ1n) is 6.93. The molecule has 1 N–H and O–H groups in total. The second kappa shape index (κ2) is 6.58. The van der Waals surface area contributed by atoms with Crippen molar-refractivity contribution in [3.8, 4) is 0 Å². The highest BCUT2D eigenvalue weighted by molar-refractivity contribution is 4.73. The second-order valence-corrected chi connectivity index (χ2v) is 5.20. The van der Waals surface area contributed by atoms with E-state index in [0.717, 1.165) is 32.0 Å². The zero-order valence-corrected chi connectivity index (χ0v) is 10.6. The number of nitrogens with one attached hydrogen (secondary N) is 1. The van der Waals surface area contributed by atoms with Crippen LogP contribution in [0, 0.1) is 5.92 Å². The highest BCUT2D eigenvalue weighted by Crippen LogP contribution is 2.15. The first-order valence-corrected chi connectivity index (χ1v) is 6.93. The van der Waals surface area contributed by atoms with Gasteiger partial charge in [-0.25, -0.2) is 0 Å². The zero-order chi connectivity index (χ0) is 11.2. The van der Waals surface area contributed by atoms with Crippen molar-refractivity contribution in [2.24, 2.45) is 5.92 Å². The van der Waals surface area contributed by atoms with Crippen LogP contribution in [0.25, 0.3) is 0 Å². The van der Waals surface area contributed by atoms with Crippen molar-refractivity contribution in [1.29, 1.82) is 0 Å². The van der Waals surface area contributed by atoms with Crippen molar-refractivity contribution in [1.82, 2.24) is 10.2 Å². The van der Waals surface area contributed by atoms with E-state index in [-0.39, 0.29) is 0 Å². The Morgan fingerprint density at radius 2 is 2.38 bits per heavy atom. The summed E-state index contributed by atoms with van der Waals surface area (Å²) in [6, 6.07) is 0. The average molecular weight is 226 g/mol. The molecule has 2 atom stereocenters. The molecule has 2 aliphatic rings. The van der Waals surface area contributed by atoms with Gasteiger partial charge in [-0.3, -0.25) is 4.90 Å². The summed E-state index contributed by atoms with van der Waals surface area (Å²) >= 11 is 0. The highest BCUT2D eigenvalue weighted by Gasteiger charge is 2.19. The zero-order valence-electron chi connectivity index (χ0n) is 10.6. The quantitative estimate of drug-likeness (QED) is 0.768. The Balaban J connectivity index is 1.58. The molecule has 0 aromatic carbocycles. The summed E-state index contributed by atoms with van der Waals surface area (Å²) in [5, 5.41) is 3.44. The molecular formula is C13H26N2O. The molecule has 0 spiro atoms. The van der Waals surface area contributed by atoms with Crippen LogP contribution in [0.15, 0.2) is 0 Å². The maximum atomic E-state index is 5.69. The van der Waals surface area contributed by atoms with Crippen molar-refractivity contribution < 1.29 is 4.74 Å². The van der Waals surface area contributed by atoms with E-state index in [2.05, 4.69) is 17.1 Å². The molecule has 0 radical (unpaired) electrons. The van der Waals surface area contributed by atoms with Crippen molar-refractivity contribution in [3.05, 3.63) is 0 Å². The summed E-state index contributed by atoms with van der Waals surface area (Å²) in [5.74, 6) is 0.947. The molecule has 0 amide bonds. The van der Waals surface area contributed by atoms with E-state index in [1.807, 2.05) is 0 Å². The maximum Gasteiger partial charge on any atom is 0.0700 e. The van der Waals surface area contributed by atoms with Gasteiger partial charge in [-0.1, -0.05) is 6.92 Å². The number of nitrogens with zero attached hydrogens (tertiary/aromatic N) is 1.